The zero-order valence-corrected chi connectivity index (χ0v) is 8.40. The fourth-order valence-corrected chi connectivity index (χ4v) is 1.51. The van der Waals surface area contributed by atoms with E-state index in [0.717, 1.165) is 0 Å². The van der Waals surface area contributed by atoms with Gasteiger partial charge in [0.1, 0.15) is 0 Å². The van der Waals surface area contributed by atoms with E-state index in [4.69, 9.17) is 16.3 Å². The molecule has 0 heterocycles. The predicted octanol–water partition coefficient (Wildman–Crippen LogP) is 2.10. The van der Waals surface area contributed by atoms with E-state index in [0.29, 0.717) is 0 Å². The zero-order valence-electron chi connectivity index (χ0n) is 7.64. The van der Waals surface area contributed by atoms with E-state index in [-0.39, 0.29) is 17.4 Å². The van der Waals surface area contributed by atoms with Crippen molar-refractivity contribution in [3.05, 3.63) is 46.4 Å². The van der Waals surface area contributed by atoms with E-state index >= 15 is 0 Å². The van der Waals surface area contributed by atoms with Crippen LogP contribution in [0.5, 0.6) is 0 Å². The van der Waals surface area contributed by atoms with E-state index in [1.807, 2.05) is 0 Å². The highest BCUT2D eigenvalue weighted by molar-refractivity contribution is 6.22. The van der Waals surface area contributed by atoms with E-state index in [1.54, 1.807) is 12.2 Å². The summed E-state index contributed by atoms with van der Waals surface area (Å²) >= 11 is 5.89. The van der Waals surface area contributed by atoms with Crippen molar-refractivity contribution in [2.45, 2.75) is 5.38 Å². The monoisotopic (exact) mass is 215 g/mol. The number of alkyl halides is 1. The van der Waals surface area contributed by atoms with Crippen LogP contribution in [0.1, 0.15) is 0 Å². The second-order valence-electron chi connectivity index (χ2n) is 2.80. The van der Waals surface area contributed by atoms with Crippen LogP contribution in [0.15, 0.2) is 36.3 Å². The van der Waals surface area contributed by atoms with E-state index in [2.05, 4.69) is 6.58 Å². The molecule has 14 heavy (non-hydrogen) atoms. The first kappa shape index (κ1) is 10.8. The Bertz CT molecular complexity index is 322. The summed E-state index contributed by atoms with van der Waals surface area (Å²) in [6.07, 6.45) is 4.60. The number of nitro groups is 1. The average Bonchev–Trinajstić information content (AvgIpc) is 2.17. The Kier molecular flexibility index (Phi) is 3.30. The molecule has 76 valence electrons. The van der Waals surface area contributed by atoms with Gasteiger partial charge < -0.3 is 4.74 Å². The molecule has 5 heteroatoms. The van der Waals surface area contributed by atoms with Crippen LogP contribution in [-0.2, 0) is 4.74 Å². The minimum absolute atomic E-state index is 0.0920. The van der Waals surface area contributed by atoms with Crippen molar-refractivity contribution in [3.8, 4) is 0 Å². The summed E-state index contributed by atoms with van der Waals surface area (Å²) in [4.78, 5) is 10.1. The highest BCUT2D eigenvalue weighted by Crippen LogP contribution is 2.28. The molecule has 2 atom stereocenters. The molecular formula is C9H10ClNO3. The van der Waals surface area contributed by atoms with Gasteiger partial charge >= 0.3 is 5.70 Å². The third-order valence-electron chi connectivity index (χ3n) is 1.97. The van der Waals surface area contributed by atoms with Gasteiger partial charge in [-0.1, -0.05) is 6.08 Å². The summed E-state index contributed by atoms with van der Waals surface area (Å²) in [6, 6.07) is 0. The second-order valence-corrected chi connectivity index (χ2v) is 3.31. The minimum atomic E-state index is -0.510. The largest absolute Gasteiger partial charge is 0.490 e. The Hall–Kier alpha value is -1.29. The van der Waals surface area contributed by atoms with Crippen molar-refractivity contribution in [2.75, 3.05) is 7.11 Å². The molecule has 0 saturated carbocycles. The molecule has 0 aromatic rings. The van der Waals surface area contributed by atoms with Gasteiger partial charge in [-0.25, -0.2) is 0 Å². The molecular weight excluding hydrogens is 206 g/mol. The molecule has 1 rings (SSSR count). The summed E-state index contributed by atoms with van der Waals surface area (Å²) in [5.41, 5.74) is -0.0920. The van der Waals surface area contributed by atoms with Gasteiger partial charge in [-0.05, 0) is 6.08 Å². The molecule has 0 saturated heterocycles. The molecule has 0 fully saturated rings. The van der Waals surface area contributed by atoms with Crippen LogP contribution in [-0.4, -0.2) is 17.4 Å². The molecule has 0 spiro atoms. The number of hydrogen-bond donors (Lipinski definition) is 0. The molecule has 0 aromatic carbocycles. The highest BCUT2D eigenvalue weighted by Gasteiger charge is 2.28. The third kappa shape index (κ3) is 1.96. The fraction of sp³-hybridized carbons (Fsp3) is 0.333. The Balaban J connectivity index is 3.04. The minimum Gasteiger partial charge on any atom is -0.490 e. The van der Waals surface area contributed by atoms with Gasteiger partial charge in [-0.3, -0.25) is 10.1 Å². The number of methoxy groups -OCH3 is 1. The maximum atomic E-state index is 10.6. The average molecular weight is 216 g/mol. The molecule has 0 aromatic heterocycles. The van der Waals surface area contributed by atoms with Gasteiger partial charge in [0, 0.05) is 12.0 Å². The fourth-order valence-electron chi connectivity index (χ4n) is 1.22. The van der Waals surface area contributed by atoms with E-state index in [9.17, 15) is 10.1 Å². The maximum Gasteiger partial charge on any atom is 0.308 e. The molecule has 4 nitrogen and oxygen atoms in total. The van der Waals surface area contributed by atoms with Gasteiger partial charge in [0.2, 0.25) is 0 Å². The van der Waals surface area contributed by atoms with Gasteiger partial charge in [-0.2, -0.15) is 0 Å². The first-order valence-corrected chi connectivity index (χ1v) is 4.42. The third-order valence-corrected chi connectivity index (χ3v) is 2.39. The first-order chi connectivity index (χ1) is 6.60. The van der Waals surface area contributed by atoms with Gasteiger partial charge in [0.15, 0.2) is 5.76 Å². The predicted molar refractivity (Wildman–Crippen MR) is 53.5 cm³/mol. The normalized spacial score (nSPS) is 26.1. The molecule has 2 unspecified atom stereocenters. The standard InChI is InChI=1S/C9H10ClNO3/c1-3-6-4-9(14-2)8(11(12)13)5-7(6)10/h3-7H,1H2,2H3. The van der Waals surface area contributed by atoms with Crippen molar-refractivity contribution < 1.29 is 9.66 Å². The van der Waals surface area contributed by atoms with Crippen molar-refractivity contribution in [3.63, 3.8) is 0 Å². The van der Waals surface area contributed by atoms with Crippen LogP contribution < -0.4 is 0 Å². The van der Waals surface area contributed by atoms with Crippen LogP contribution in [0.2, 0.25) is 0 Å². The molecule has 0 amide bonds. The van der Waals surface area contributed by atoms with Crippen molar-refractivity contribution >= 4 is 11.6 Å². The van der Waals surface area contributed by atoms with Gasteiger partial charge in [0.05, 0.1) is 17.4 Å². The van der Waals surface area contributed by atoms with Crippen LogP contribution in [0, 0.1) is 16.0 Å². The summed E-state index contributed by atoms with van der Waals surface area (Å²) in [5, 5.41) is 10.2. The zero-order chi connectivity index (χ0) is 10.7. The molecule has 1 aliphatic carbocycles. The Labute approximate surface area is 86.7 Å². The summed E-state index contributed by atoms with van der Waals surface area (Å²) in [6.45, 7) is 3.59. The lowest BCUT2D eigenvalue weighted by molar-refractivity contribution is -0.424. The van der Waals surface area contributed by atoms with Gasteiger partial charge in [0.25, 0.3) is 0 Å². The summed E-state index contributed by atoms with van der Waals surface area (Å²) < 4.78 is 4.89. The highest BCUT2D eigenvalue weighted by atomic mass is 35.5. The Morgan fingerprint density at radius 1 is 1.71 bits per heavy atom. The number of allylic oxidation sites excluding steroid dienone is 3. The van der Waals surface area contributed by atoms with Crippen molar-refractivity contribution in [2.24, 2.45) is 5.92 Å². The van der Waals surface area contributed by atoms with Crippen molar-refractivity contribution in [1.29, 1.82) is 0 Å². The molecule has 1 aliphatic rings. The number of hydrogen-bond acceptors (Lipinski definition) is 3. The first-order valence-electron chi connectivity index (χ1n) is 3.99. The smallest absolute Gasteiger partial charge is 0.308 e. The number of ether oxygens (including phenoxy) is 1. The maximum absolute atomic E-state index is 10.6. The molecule has 0 radical (unpaired) electrons. The number of rotatable bonds is 3. The lowest BCUT2D eigenvalue weighted by atomic mass is 9.98. The molecule has 0 N–H and O–H groups in total. The lowest BCUT2D eigenvalue weighted by Crippen LogP contribution is -2.18. The summed E-state index contributed by atoms with van der Waals surface area (Å²) in [5.74, 6) is 0.104. The molecule has 0 bridgehead atoms. The van der Waals surface area contributed by atoms with Crippen LogP contribution >= 0.6 is 11.6 Å². The van der Waals surface area contributed by atoms with Crippen molar-refractivity contribution in [1.82, 2.24) is 0 Å². The Morgan fingerprint density at radius 2 is 2.36 bits per heavy atom. The van der Waals surface area contributed by atoms with Crippen LogP contribution in [0.3, 0.4) is 0 Å². The molecule has 0 aliphatic heterocycles. The Morgan fingerprint density at radius 3 is 2.79 bits per heavy atom. The number of halogens is 1. The summed E-state index contributed by atoms with van der Waals surface area (Å²) in [7, 11) is 1.39. The lowest BCUT2D eigenvalue weighted by Gasteiger charge is -2.17. The van der Waals surface area contributed by atoms with Crippen LogP contribution in [0.25, 0.3) is 0 Å². The van der Waals surface area contributed by atoms with Crippen LogP contribution in [0.4, 0.5) is 0 Å². The quantitative estimate of drug-likeness (QED) is 0.314. The SMILES string of the molecule is C=CC1C=C(OC)C([N+](=O)[O-])=CC1Cl. The van der Waals surface area contributed by atoms with E-state index in [1.165, 1.54) is 13.2 Å². The number of nitrogens with zero attached hydrogens (tertiary/aromatic N) is 1. The second kappa shape index (κ2) is 4.28. The van der Waals surface area contributed by atoms with E-state index < -0.39 is 10.3 Å². The topological polar surface area (TPSA) is 52.4 Å². The van der Waals surface area contributed by atoms with Gasteiger partial charge in [-0.15, -0.1) is 18.2 Å².